The van der Waals surface area contributed by atoms with Crippen molar-refractivity contribution in [2.45, 2.75) is 103 Å². The molecule has 0 radical (unpaired) electrons. The van der Waals surface area contributed by atoms with Crippen LogP contribution in [0.25, 0.3) is 0 Å². The van der Waals surface area contributed by atoms with Crippen LogP contribution in [0.4, 0.5) is 0 Å². The molecular weight excluding hydrogens is 434 g/mol. The number of hydrogen-bond donors (Lipinski definition) is 0. The third kappa shape index (κ3) is 5.94. The van der Waals surface area contributed by atoms with Gasteiger partial charge in [0.2, 0.25) is 0 Å². The minimum absolute atomic E-state index is 0.0652. The van der Waals surface area contributed by atoms with Crippen LogP contribution in [0, 0.1) is 5.92 Å². The molecular formula is C26H45N3O5. The predicted octanol–water partition coefficient (Wildman–Crippen LogP) is 3.00. The number of ether oxygens (including phenoxy) is 3. The highest BCUT2D eigenvalue weighted by Crippen LogP contribution is 2.37. The molecule has 2 heterocycles. The molecule has 0 aromatic carbocycles. The first-order chi connectivity index (χ1) is 16.2. The summed E-state index contributed by atoms with van der Waals surface area (Å²) in [7, 11) is 0. The Hall–Kier alpha value is -1.22. The average Bonchev–Trinajstić information content (AvgIpc) is 3.51. The highest BCUT2D eigenvalue weighted by molar-refractivity contribution is 5.79. The van der Waals surface area contributed by atoms with Crippen LogP contribution in [-0.4, -0.2) is 96.1 Å². The zero-order valence-corrected chi connectivity index (χ0v) is 21.7. The SMILES string of the molecule is CCOC(=O)C1CCC(OC(C(=O)OC(C)(C)C)(N2CCCC2)N2CCN(C3CC3)CC2)CC1. The number of piperazine rings is 1. The maximum absolute atomic E-state index is 14.0. The van der Waals surface area contributed by atoms with Gasteiger partial charge in [-0.15, -0.1) is 0 Å². The van der Waals surface area contributed by atoms with Gasteiger partial charge in [0.15, 0.2) is 0 Å². The van der Waals surface area contributed by atoms with Crippen LogP contribution < -0.4 is 0 Å². The van der Waals surface area contributed by atoms with Gasteiger partial charge in [-0.3, -0.25) is 19.5 Å². The van der Waals surface area contributed by atoms with E-state index in [9.17, 15) is 9.59 Å². The van der Waals surface area contributed by atoms with Crippen LogP contribution in [0.5, 0.6) is 0 Å². The Labute approximate surface area is 205 Å². The molecule has 1 atom stereocenters. The smallest absolute Gasteiger partial charge is 0.371 e. The van der Waals surface area contributed by atoms with Crippen LogP contribution >= 0.6 is 0 Å². The number of likely N-dealkylation sites (tertiary alicyclic amines) is 1. The van der Waals surface area contributed by atoms with Gasteiger partial charge in [0.1, 0.15) is 5.60 Å². The van der Waals surface area contributed by atoms with E-state index in [4.69, 9.17) is 14.2 Å². The molecule has 0 aromatic rings. The Kier molecular flexibility index (Phi) is 8.22. The van der Waals surface area contributed by atoms with Gasteiger partial charge in [0, 0.05) is 45.3 Å². The highest BCUT2D eigenvalue weighted by Gasteiger charge is 2.56. The third-order valence-corrected chi connectivity index (χ3v) is 7.63. The molecule has 0 bridgehead atoms. The van der Waals surface area contributed by atoms with E-state index in [0.29, 0.717) is 6.61 Å². The second-order valence-electron chi connectivity index (χ2n) is 11.4. The van der Waals surface area contributed by atoms with Gasteiger partial charge < -0.3 is 14.2 Å². The van der Waals surface area contributed by atoms with Gasteiger partial charge in [0.05, 0.1) is 18.6 Å². The van der Waals surface area contributed by atoms with Crippen LogP contribution in [0.3, 0.4) is 0 Å². The third-order valence-electron chi connectivity index (χ3n) is 7.63. The summed E-state index contributed by atoms with van der Waals surface area (Å²) >= 11 is 0. The molecule has 8 nitrogen and oxygen atoms in total. The number of hydrogen-bond acceptors (Lipinski definition) is 8. The van der Waals surface area contributed by atoms with Crippen molar-refractivity contribution in [3.63, 3.8) is 0 Å². The van der Waals surface area contributed by atoms with E-state index in [0.717, 1.165) is 83.8 Å². The predicted molar refractivity (Wildman–Crippen MR) is 129 cm³/mol. The molecule has 0 aromatic heterocycles. The second-order valence-corrected chi connectivity index (χ2v) is 11.4. The minimum Gasteiger partial charge on any atom is -0.466 e. The van der Waals surface area contributed by atoms with Gasteiger partial charge in [0.25, 0.3) is 5.85 Å². The number of carbonyl (C=O) groups excluding carboxylic acids is 2. The molecule has 4 fully saturated rings. The van der Waals surface area contributed by atoms with Crippen LogP contribution in [0.15, 0.2) is 0 Å². The quantitative estimate of drug-likeness (QED) is 0.492. The highest BCUT2D eigenvalue weighted by atomic mass is 16.6. The molecule has 2 aliphatic carbocycles. The van der Waals surface area contributed by atoms with E-state index < -0.39 is 11.4 Å². The molecule has 0 spiro atoms. The van der Waals surface area contributed by atoms with Gasteiger partial charge in [-0.05, 0) is 79.1 Å². The van der Waals surface area contributed by atoms with E-state index in [-0.39, 0.29) is 24.0 Å². The Morgan fingerprint density at radius 1 is 0.824 bits per heavy atom. The number of nitrogens with zero attached hydrogens (tertiary/aromatic N) is 3. The zero-order valence-electron chi connectivity index (χ0n) is 21.7. The first-order valence-corrected chi connectivity index (χ1v) is 13.5. The molecule has 2 aliphatic heterocycles. The van der Waals surface area contributed by atoms with Crippen LogP contribution in [0.1, 0.15) is 79.1 Å². The maximum atomic E-state index is 14.0. The molecule has 8 heteroatoms. The molecule has 0 N–H and O–H groups in total. The fourth-order valence-corrected chi connectivity index (χ4v) is 5.76. The monoisotopic (exact) mass is 479 g/mol. The van der Waals surface area contributed by atoms with Crippen molar-refractivity contribution in [1.82, 2.24) is 14.7 Å². The molecule has 2 saturated carbocycles. The van der Waals surface area contributed by atoms with Crippen molar-refractivity contribution in [1.29, 1.82) is 0 Å². The topological polar surface area (TPSA) is 71.5 Å². The van der Waals surface area contributed by atoms with Gasteiger partial charge in [-0.25, -0.2) is 4.79 Å². The Bertz CT molecular complexity index is 700. The van der Waals surface area contributed by atoms with Gasteiger partial charge >= 0.3 is 11.9 Å². The van der Waals surface area contributed by atoms with E-state index in [1.165, 1.54) is 12.8 Å². The van der Waals surface area contributed by atoms with Crippen LogP contribution in [-0.2, 0) is 23.8 Å². The summed E-state index contributed by atoms with van der Waals surface area (Å²) in [6, 6.07) is 0.726. The summed E-state index contributed by atoms with van der Waals surface area (Å²) in [5, 5.41) is 0. The van der Waals surface area contributed by atoms with Crippen LogP contribution in [0.2, 0.25) is 0 Å². The van der Waals surface area contributed by atoms with E-state index in [2.05, 4.69) is 14.7 Å². The number of carbonyl (C=O) groups is 2. The van der Waals surface area contributed by atoms with E-state index in [1.54, 1.807) is 0 Å². The standard InChI is InChI=1S/C26H45N3O5/c1-5-32-23(30)20-8-12-22(13-9-20)33-26(28-14-6-7-15-28,24(31)34-25(2,3)4)29-18-16-27(17-19-29)21-10-11-21/h20-22H,5-19H2,1-4H3. The molecule has 4 aliphatic rings. The average molecular weight is 480 g/mol. The summed E-state index contributed by atoms with van der Waals surface area (Å²) in [6.45, 7) is 13.2. The second kappa shape index (κ2) is 10.8. The summed E-state index contributed by atoms with van der Waals surface area (Å²) in [4.78, 5) is 33.3. The van der Waals surface area contributed by atoms with Crippen molar-refractivity contribution in [2.24, 2.45) is 5.92 Å². The largest absolute Gasteiger partial charge is 0.466 e. The lowest BCUT2D eigenvalue weighted by atomic mass is 9.87. The Balaban J connectivity index is 1.54. The summed E-state index contributed by atoms with van der Waals surface area (Å²) in [5.74, 6) is -1.64. The summed E-state index contributed by atoms with van der Waals surface area (Å²) in [5.41, 5.74) is -0.594. The van der Waals surface area contributed by atoms with Crippen molar-refractivity contribution in [3.8, 4) is 0 Å². The Morgan fingerprint density at radius 2 is 1.41 bits per heavy atom. The van der Waals surface area contributed by atoms with Crippen molar-refractivity contribution < 1.29 is 23.8 Å². The fourth-order valence-electron chi connectivity index (χ4n) is 5.76. The first-order valence-electron chi connectivity index (χ1n) is 13.5. The summed E-state index contributed by atoms with van der Waals surface area (Å²) < 4.78 is 18.2. The summed E-state index contributed by atoms with van der Waals surface area (Å²) in [6.07, 6.45) is 7.62. The lowest BCUT2D eigenvalue weighted by molar-refractivity contribution is -0.281. The zero-order chi connectivity index (χ0) is 24.3. The first kappa shape index (κ1) is 25.9. The minimum atomic E-state index is -1.19. The van der Waals surface area contributed by atoms with E-state index >= 15 is 0 Å². The van der Waals surface area contributed by atoms with Gasteiger partial charge in [-0.2, -0.15) is 0 Å². The molecule has 34 heavy (non-hydrogen) atoms. The molecule has 4 rings (SSSR count). The maximum Gasteiger partial charge on any atom is 0.371 e. The van der Waals surface area contributed by atoms with Crippen molar-refractivity contribution in [2.75, 3.05) is 45.9 Å². The molecule has 0 amide bonds. The number of esters is 2. The van der Waals surface area contributed by atoms with Crippen molar-refractivity contribution >= 4 is 11.9 Å². The molecule has 2 saturated heterocycles. The lowest BCUT2D eigenvalue weighted by Gasteiger charge is -2.51. The van der Waals surface area contributed by atoms with Crippen molar-refractivity contribution in [3.05, 3.63) is 0 Å². The van der Waals surface area contributed by atoms with Gasteiger partial charge in [-0.1, -0.05) is 0 Å². The normalized spacial score (nSPS) is 29.5. The molecule has 1 unspecified atom stereocenters. The number of rotatable bonds is 8. The Morgan fingerprint density at radius 3 is 1.94 bits per heavy atom. The van der Waals surface area contributed by atoms with E-state index in [1.807, 2.05) is 27.7 Å². The lowest BCUT2D eigenvalue weighted by Crippen LogP contribution is -2.71. The molecule has 194 valence electrons. The fraction of sp³-hybridized carbons (Fsp3) is 0.923.